The van der Waals surface area contributed by atoms with Gasteiger partial charge in [-0.3, -0.25) is 9.59 Å². The molecule has 2 fully saturated rings. The number of likely N-dealkylation sites (tertiary alicyclic amines) is 2. The predicted octanol–water partition coefficient (Wildman–Crippen LogP) is 2.71. The summed E-state index contributed by atoms with van der Waals surface area (Å²) in [4.78, 5) is 30.6. The molecule has 3 rings (SSSR count). The number of nitrogens with one attached hydrogen (secondary N) is 2. The van der Waals surface area contributed by atoms with Crippen LogP contribution in [-0.4, -0.2) is 65.5 Å². The van der Waals surface area contributed by atoms with Crippen LogP contribution in [0.15, 0.2) is 24.3 Å². The molecule has 0 saturated carbocycles. The quantitative estimate of drug-likeness (QED) is 0.704. The van der Waals surface area contributed by atoms with Gasteiger partial charge >= 0.3 is 0 Å². The van der Waals surface area contributed by atoms with Crippen LogP contribution >= 0.6 is 12.2 Å². The van der Waals surface area contributed by atoms with Crippen molar-refractivity contribution < 1.29 is 9.59 Å². The van der Waals surface area contributed by atoms with Gasteiger partial charge in [-0.2, -0.15) is 0 Å². The number of nitrogens with zero attached hydrogens (tertiary/aromatic N) is 2. The van der Waals surface area contributed by atoms with Gasteiger partial charge in [-0.15, -0.1) is 0 Å². The number of carbonyl (C=O) groups excluding carboxylic acids is 2. The minimum atomic E-state index is -0.481. The molecule has 2 heterocycles. The van der Waals surface area contributed by atoms with Crippen LogP contribution < -0.4 is 10.6 Å². The average molecular weight is 431 g/mol. The molecule has 164 valence electrons. The Hall–Kier alpha value is -2.15. The zero-order valence-electron chi connectivity index (χ0n) is 18.2. The van der Waals surface area contributed by atoms with E-state index in [0.29, 0.717) is 5.56 Å². The molecular formula is C23H34N4O2S. The summed E-state index contributed by atoms with van der Waals surface area (Å²) in [5.74, 6) is 0.0338. The molecule has 6 nitrogen and oxygen atoms in total. The third kappa shape index (κ3) is 5.50. The molecule has 2 saturated heterocycles. The first-order chi connectivity index (χ1) is 14.5. The molecule has 7 heteroatoms. The van der Waals surface area contributed by atoms with Crippen molar-refractivity contribution in [3.8, 4) is 0 Å². The molecule has 2 aliphatic rings. The lowest BCUT2D eigenvalue weighted by molar-refractivity contribution is -0.136. The SMILES string of the molecule is CCNC(=S)N1CCC(C(NC(=O)c2ccccc2C)C(=O)N2CCCCC2)CC1. The van der Waals surface area contributed by atoms with E-state index in [1.54, 1.807) is 0 Å². The topological polar surface area (TPSA) is 64.7 Å². The van der Waals surface area contributed by atoms with E-state index in [-0.39, 0.29) is 17.7 Å². The Balaban J connectivity index is 1.73. The van der Waals surface area contributed by atoms with Crippen molar-refractivity contribution >= 4 is 29.1 Å². The van der Waals surface area contributed by atoms with E-state index in [1.807, 2.05) is 43.0 Å². The Labute approximate surface area is 185 Å². The summed E-state index contributed by atoms with van der Waals surface area (Å²) >= 11 is 5.45. The van der Waals surface area contributed by atoms with E-state index in [2.05, 4.69) is 15.5 Å². The van der Waals surface area contributed by atoms with Crippen LogP contribution in [0.4, 0.5) is 0 Å². The molecule has 0 aliphatic carbocycles. The van der Waals surface area contributed by atoms with E-state index < -0.39 is 6.04 Å². The number of amides is 2. The van der Waals surface area contributed by atoms with Crippen molar-refractivity contribution in [2.24, 2.45) is 5.92 Å². The highest BCUT2D eigenvalue weighted by Crippen LogP contribution is 2.24. The van der Waals surface area contributed by atoms with Crippen LogP contribution in [0.2, 0.25) is 0 Å². The van der Waals surface area contributed by atoms with Crippen molar-refractivity contribution in [2.75, 3.05) is 32.7 Å². The first-order valence-electron chi connectivity index (χ1n) is 11.2. The van der Waals surface area contributed by atoms with Gasteiger partial charge in [-0.05, 0) is 75.7 Å². The summed E-state index contributed by atoms with van der Waals surface area (Å²) < 4.78 is 0. The lowest BCUT2D eigenvalue weighted by atomic mass is 9.87. The van der Waals surface area contributed by atoms with Crippen LogP contribution in [0.3, 0.4) is 0 Å². The highest BCUT2D eigenvalue weighted by atomic mass is 32.1. The molecule has 1 unspecified atom stereocenters. The van der Waals surface area contributed by atoms with E-state index in [0.717, 1.165) is 69.1 Å². The van der Waals surface area contributed by atoms with Gasteiger partial charge in [-0.1, -0.05) is 18.2 Å². The smallest absolute Gasteiger partial charge is 0.252 e. The van der Waals surface area contributed by atoms with E-state index in [9.17, 15) is 9.59 Å². The predicted molar refractivity (Wildman–Crippen MR) is 123 cm³/mol. The number of hydrogen-bond acceptors (Lipinski definition) is 3. The number of aryl methyl sites for hydroxylation is 1. The van der Waals surface area contributed by atoms with Gasteiger partial charge in [0.2, 0.25) is 5.91 Å². The van der Waals surface area contributed by atoms with Crippen molar-refractivity contribution in [3.63, 3.8) is 0 Å². The normalized spacial score (nSPS) is 18.6. The Bertz CT molecular complexity index is 755. The number of carbonyl (C=O) groups is 2. The standard InChI is InChI=1S/C23H34N4O2S/c1-3-24-23(30)27-15-11-18(12-16-27)20(22(29)26-13-7-4-8-14-26)25-21(28)19-10-6-5-9-17(19)2/h5-6,9-10,18,20H,3-4,7-8,11-16H2,1-2H3,(H,24,30)(H,25,28). The zero-order chi connectivity index (χ0) is 21.5. The van der Waals surface area contributed by atoms with Gasteiger partial charge in [-0.25, -0.2) is 0 Å². The maximum absolute atomic E-state index is 13.4. The average Bonchev–Trinajstić information content (AvgIpc) is 2.78. The number of hydrogen-bond donors (Lipinski definition) is 2. The Kier molecular flexibility index (Phi) is 8.08. The Morgan fingerprint density at radius 3 is 2.37 bits per heavy atom. The molecule has 30 heavy (non-hydrogen) atoms. The second-order valence-corrected chi connectivity index (χ2v) is 8.70. The fourth-order valence-electron chi connectivity index (χ4n) is 4.44. The third-order valence-electron chi connectivity index (χ3n) is 6.24. The van der Waals surface area contributed by atoms with Gasteiger partial charge in [0.05, 0.1) is 0 Å². The highest BCUT2D eigenvalue weighted by Gasteiger charge is 2.36. The Morgan fingerprint density at radius 2 is 1.73 bits per heavy atom. The first kappa shape index (κ1) is 22.5. The first-order valence-corrected chi connectivity index (χ1v) is 11.6. The van der Waals surface area contributed by atoms with Crippen LogP contribution in [0.25, 0.3) is 0 Å². The van der Waals surface area contributed by atoms with Crippen molar-refractivity contribution in [1.29, 1.82) is 0 Å². The molecule has 0 bridgehead atoms. The maximum atomic E-state index is 13.4. The van der Waals surface area contributed by atoms with Crippen LogP contribution in [0.5, 0.6) is 0 Å². The van der Waals surface area contributed by atoms with Gasteiger partial charge in [0.15, 0.2) is 5.11 Å². The van der Waals surface area contributed by atoms with Crippen molar-refractivity contribution in [1.82, 2.24) is 20.4 Å². The number of rotatable bonds is 5. The summed E-state index contributed by atoms with van der Waals surface area (Å²) in [7, 11) is 0. The van der Waals surface area contributed by atoms with E-state index in [4.69, 9.17) is 12.2 Å². The lowest BCUT2D eigenvalue weighted by Gasteiger charge is -2.39. The molecule has 2 amide bonds. The second-order valence-electron chi connectivity index (χ2n) is 8.31. The summed E-state index contributed by atoms with van der Waals surface area (Å²) in [6.45, 7) is 7.96. The molecule has 0 aromatic heterocycles. The maximum Gasteiger partial charge on any atom is 0.252 e. The summed E-state index contributed by atoms with van der Waals surface area (Å²) in [6, 6.07) is 7.06. The minimum absolute atomic E-state index is 0.0735. The largest absolute Gasteiger partial charge is 0.363 e. The second kappa shape index (κ2) is 10.8. The lowest BCUT2D eigenvalue weighted by Crippen LogP contribution is -2.56. The third-order valence-corrected chi connectivity index (χ3v) is 6.64. The van der Waals surface area contributed by atoms with Gasteiger partial charge in [0, 0.05) is 38.3 Å². The van der Waals surface area contributed by atoms with E-state index in [1.165, 1.54) is 6.42 Å². The molecule has 0 spiro atoms. The summed E-state index contributed by atoms with van der Waals surface area (Å²) in [6.07, 6.45) is 4.93. The van der Waals surface area contributed by atoms with Crippen molar-refractivity contribution in [3.05, 3.63) is 35.4 Å². The molecule has 0 radical (unpaired) electrons. The van der Waals surface area contributed by atoms with Crippen molar-refractivity contribution in [2.45, 2.75) is 52.0 Å². The molecule has 1 atom stereocenters. The molecule has 2 aliphatic heterocycles. The molecular weight excluding hydrogens is 396 g/mol. The van der Waals surface area contributed by atoms with Crippen LogP contribution in [-0.2, 0) is 4.79 Å². The highest BCUT2D eigenvalue weighted by molar-refractivity contribution is 7.80. The van der Waals surface area contributed by atoms with E-state index >= 15 is 0 Å². The van der Waals surface area contributed by atoms with Crippen LogP contribution in [0, 0.1) is 12.8 Å². The monoisotopic (exact) mass is 430 g/mol. The Morgan fingerprint density at radius 1 is 1.07 bits per heavy atom. The summed E-state index contributed by atoms with van der Waals surface area (Å²) in [5.41, 5.74) is 1.56. The van der Waals surface area contributed by atoms with Gasteiger partial charge in [0.1, 0.15) is 6.04 Å². The number of benzene rings is 1. The molecule has 1 aromatic carbocycles. The number of piperidine rings is 2. The fraction of sp³-hybridized carbons (Fsp3) is 0.609. The molecule has 1 aromatic rings. The van der Waals surface area contributed by atoms with Gasteiger partial charge < -0.3 is 20.4 Å². The minimum Gasteiger partial charge on any atom is -0.363 e. The number of thiocarbonyl (C=S) groups is 1. The summed E-state index contributed by atoms with van der Waals surface area (Å²) in [5, 5.41) is 7.10. The molecule has 2 N–H and O–H groups in total. The van der Waals surface area contributed by atoms with Crippen LogP contribution in [0.1, 0.15) is 54.9 Å². The zero-order valence-corrected chi connectivity index (χ0v) is 19.0. The fourth-order valence-corrected chi connectivity index (χ4v) is 4.76. The van der Waals surface area contributed by atoms with Gasteiger partial charge in [0.25, 0.3) is 5.91 Å².